The van der Waals surface area contributed by atoms with Gasteiger partial charge in [0.15, 0.2) is 11.3 Å². The van der Waals surface area contributed by atoms with Gasteiger partial charge in [-0.05, 0) is 26.8 Å². The fourth-order valence-corrected chi connectivity index (χ4v) is 6.54. The number of hydrogen-bond acceptors (Lipinski definition) is 16. The maximum Gasteiger partial charge on any atom is 0.408 e. The van der Waals surface area contributed by atoms with E-state index in [9.17, 15) is 29.1 Å². The van der Waals surface area contributed by atoms with Crippen LogP contribution in [0.15, 0.2) is 41.0 Å². The van der Waals surface area contributed by atoms with E-state index in [4.69, 9.17) is 20.0 Å². The van der Waals surface area contributed by atoms with Crippen LogP contribution in [0.25, 0.3) is 5.65 Å². The van der Waals surface area contributed by atoms with Gasteiger partial charge in [-0.1, -0.05) is 14.8 Å². The van der Waals surface area contributed by atoms with E-state index in [-0.39, 0.29) is 53.8 Å². The summed E-state index contributed by atoms with van der Waals surface area (Å²) in [5.41, 5.74) is 5.02. The van der Waals surface area contributed by atoms with Gasteiger partial charge < -0.3 is 40.6 Å². The van der Waals surface area contributed by atoms with Crippen molar-refractivity contribution in [3.05, 3.63) is 41.6 Å². The van der Waals surface area contributed by atoms with Crippen LogP contribution in [0, 0.1) is 0 Å². The van der Waals surface area contributed by atoms with Gasteiger partial charge in [-0.15, -0.1) is 11.8 Å². The predicted octanol–water partition coefficient (Wildman–Crippen LogP) is -2.05. The summed E-state index contributed by atoms with van der Waals surface area (Å²) in [6, 6.07) is 2.24. The number of thioether (sulfide) groups is 1. The normalized spacial score (nSPS) is 17.7. The van der Waals surface area contributed by atoms with E-state index in [1.54, 1.807) is 37.5 Å². The number of alkyl carbamates (subject to hydrolysis) is 1. The lowest BCUT2D eigenvalue weighted by Crippen LogP contribution is -2.71. The number of anilines is 2. The highest BCUT2D eigenvalue weighted by Gasteiger charge is 2.53. The highest BCUT2D eigenvalue weighted by atomic mass is 32.2. The molecule has 5 N–H and O–H groups in total. The molecule has 0 radical (unpaired) electrons. The number of ether oxygens (including phenoxy) is 2. The van der Waals surface area contributed by atoms with Crippen LogP contribution in [0.5, 0.6) is 0 Å². The van der Waals surface area contributed by atoms with Gasteiger partial charge in [0, 0.05) is 36.0 Å². The minimum Gasteiger partial charge on any atom is -0.543 e. The third kappa shape index (κ3) is 7.87. The van der Waals surface area contributed by atoms with Gasteiger partial charge in [-0.2, -0.15) is 9.36 Å². The first-order chi connectivity index (χ1) is 23.3. The third-order valence-electron chi connectivity index (χ3n) is 6.67. The van der Waals surface area contributed by atoms with Crippen molar-refractivity contribution in [3.63, 3.8) is 0 Å². The molecule has 0 unspecified atom stereocenters. The summed E-state index contributed by atoms with van der Waals surface area (Å²) in [6.45, 7) is 4.39. The van der Waals surface area contributed by atoms with Crippen molar-refractivity contribution in [2.75, 3.05) is 37.3 Å². The number of fused-ring (bicyclic) bond motifs is 2. The number of nitrogens with one attached hydrogen (secondary N) is 3. The van der Waals surface area contributed by atoms with Crippen LogP contribution in [-0.2, 0) is 40.0 Å². The van der Waals surface area contributed by atoms with Gasteiger partial charge in [0.1, 0.15) is 30.1 Å². The number of aliphatic carboxylic acids is 1. The molecule has 1 fully saturated rings. The molecule has 0 spiro atoms. The molecule has 1 saturated heterocycles. The van der Waals surface area contributed by atoms with Gasteiger partial charge in [0.25, 0.3) is 17.6 Å². The zero-order valence-electron chi connectivity index (χ0n) is 26.5. The molecule has 260 valence electrons. The van der Waals surface area contributed by atoms with Crippen LogP contribution < -0.4 is 31.4 Å². The maximum atomic E-state index is 13.3. The quantitative estimate of drug-likeness (QED) is 0.0393. The van der Waals surface area contributed by atoms with Gasteiger partial charge in [0.2, 0.25) is 24.2 Å². The van der Waals surface area contributed by atoms with E-state index in [2.05, 4.69) is 35.6 Å². The second-order valence-corrected chi connectivity index (χ2v) is 13.3. The van der Waals surface area contributed by atoms with Crippen LogP contribution in [0.2, 0.25) is 0 Å². The zero-order valence-corrected chi connectivity index (χ0v) is 28.1. The molecule has 2 aliphatic rings. The maximum absolute atomic E-state index is 13.3. The Kier molecular flexibility index (Phi) is 10.3. The van der Waals surface area contributed by atoms with E-state index in [1.807, 2.05) is 0 Å². The molecular weight excluding hydrogens is 686 g/mol. The lowest BCUT2D eigenvalue weighted by Gasteiger charge is -2.50. The van der Waals surface area contributed by atoms with Gasteiger partial charge in [-0.25, -0.2) is 9.36 Å². The molecule has 5 rings (SSSR count). The van der Waals surface area contributed by atoms with Gasteiger partial charge in [0.05, 0.1) is 17.9 Å². The van der Waals surface area contributed by atoms with Crippen molar-refractivity contribution in [3.8, 4) is 0 Å². The summed E-state index contributed by atoms with van der Waals surface area (Å²) >= 11 is 2.05. The Hall–Kier alpha value is -5.35. The average Bonchev–Trinajstić information content (AvgIpc) is 3.62. The Bertz CT molecular complexity index is 1870. The molecule has 4 amide bonds. The van der Waals surface area contributed by atoms with Crippen molar-refractivity contribution >= 4 is 75.4 Å². The molecule has 0 aromatic carbocycles. The molecule has 22 heteroatoms. The number of amides is 4. The fourth-order valence-electron chi connectivity index (χ4n) is 4.77. The molecule has 5 heterocycles. The standard InChI is InChI=1S/C27H31N11O9S2/c1-27(2,3)47-26(44)29-8-15(39)31-14-10-36(16-6-5-7-30-38(14)16)9-13-11-48-23-18(22(41)37(23)19(13)24(42)43)32-21(40)17(34-46-12-45-4)20-33-25(28)49-35-20/h5-7,10,18,23H,8-9,11-12H2,1-4H3,(H5-,28,29,30,31,32,33,35,39,40,42,43,44)/b34-17-/t18-,23-/m1/s1. The first-order valence-corrected chi connectivity index (χ1v) is 16.2. The number of carbonyl (C=O) groups excluding carboxylic acids is 5. The number of methoxy groups -OCH3 is 1. The number of rotatable bonds is 12. The number of nitrogens with zero attached hydrogens (tertiary/aromatic N) is 7. The van der Waals surface area contributed by atoms with Crippen molar-refractivity contribution in [1.82, 2.24) is 34.5 Å². The summed E-state index contributed by atoms with van der Waals surface area (Å²) in [4.78, 5) is 73.5. The number of nitrogen functional groups attached to an aromatic ring is 1. The molecule has 2 aliphatic heterocycles. The van der Waals surface area contributed by atoms with Crippen LogP contribution in [0.4, 0.5) is 15.7 Å². The number of carbonyl (C=O) groups is 5. The number of aromatic nitrogens is 5. The SMILES string of the molecule is COCO/N=C(\C(=O)N[C@@H]1C(=O)N2C(C(=O)[O-])=C(C[n+]3cc(NC(=O)CNC(=O)OC(C)(C)C)n4ncccc43)CS[C@H]12)c1nsc(N)n1. The Morgan fingerprint density at radius 1 is 1.27 bits per heavy atom. The molecule has 49 heavy (non-hydrogen) atoms. The predicted molar refractivity (Wildman–Crippen MR) is 169 cm³/mol. The van der Waals surface area contributed by atoms with E-state index in [0.717, 1.165) is 16.4 Å². The Balaban J connectivity index is 1.32. The number of carboxylic acid groups (broad SMARTS) is 1. The number of oxime groups is 1. The number of hydrogen-bond donors (Lipinski definition) is 4. The third-order valence-corrected chi connectivity index (χ3v) is 8.56. The van der Waals surface area contributed by atoms with Crippen LogP contribution >= 0.6 is 23.3 Å². The summed E-state index contributed by atoms with van der Waals surface area (Å²) < 4.78 is 16.9. The summed E-state index contributed by atoms with van der Waals surface area (Å²) in [6.07, 6.45) is 2.27. The minimum atomic E-state index is -1.58. The number of β-lactam (4-membered cyclic amide) rings is 1. The minimum absolute atomic E-state index is 0.0182. The van der Waals surface area contributed by atoms with Gasteiger partial charge >= 0.3 is 11.7 Å². The zero-order chi connectivity index (χ0) is 35.5. The largest absolute Gasteiger partial charge is 0.543 e. The van der Waals surface area contributed by atoms with E-state index < -0.39 is 46.8 Å². The second kappa shape index (κ2) is 14.4. The monoisotopic (exact) mass is 717 g/mol. The summed E-state index contributed by atoms with van der Waals surface area (Å²) in [7, 11) is 1.35. The van der Waals surface area contributed by atoms with Crippen LogP contribution in [0.1, 0.15) is 26.6 Å². The number of nitrogens with two attached hydrogens (primary N) is 1. The topological polar surface area (TPSA) is 261 Å². The summed E-state index contributed by atoms with van der Waals surface area (Å²) in [5, 5.41) is 27.3. The molecule has 3 aromatic rings. The molecule has 2 atom stereocenters. The van der Waals surface area contributed by atoms with Crippen LogP contribution in [0.3, 0.4) is 0 Å². The highest BCUT2D eigenvalue weighted by Crippen LogP contribution is 2.40. The Morgan fingerprint density at radius 3 is 2.71 bits per heavy atom. The average molecular weight is 718 g/mol. The second-order valence-electron chi connectivity index (χ2n) is 11.4. The molecule has 3 aromatic heterocycles. The molecular formula is C27H31N11O9S2. The number of carboxylic acids is 1. The summed E-state index contributed by atoms with van der Waals surface area (Å²) in [5.74, 6) is -3.44. The number of imidazole rings is 1. The van der Waals surface area contributed by atoms with Crippen LogP contribution in [-0.4, -0.2) is 103 Å². The van der Waals surface area contributed by atoms with Crippen molar-refractivity contribution < 1.29 is 48.0 Å². The molecule has 0 bridgehead atoms. The fraction of sp³-hybridized carbons (Fsp3) is 0.407. The smallest absolute Gasteiger partial charge is 0.408 e. The first-order valence-electron chi connectivity index (χ1n) is 14.4. The highest BCUT2D eigenvalue weighted by molar-refractivity contribution is 8.00. The molecule has 20 nitrogen and oxygen atoms in total. The van der Waals surface area contributed by atoms with Gasteiger partial charge in [-0.3, -0.25) is 24.6 Å². The van der Waals surface area contributed by atoms with Crippen molar-refractivity contribution in [2.45, 2.75) is 44.3 Å². The molecule has 0 aliphatic carbocycles. The van der Waals surface area contributed by atoms with Crippen molar-refractivity contribution in [1.29, 1.82) is 0 Å². The molecule has 0 saturated carbocycles. The Morgan fingerprint density at radius 2 is 2.04 bits per heavy atom. The Labute approximate surface area is 285 Å². The van der Waals surface area contributed by atoms with E-state index >= 15 is 0 Å². The first kappa shape index (κ1) is 35.0. The lowest BCUT2D eigenvalue weighted by molar-refractivity contribution is -0.662. The van der Waals surface area contributed by atoms with E-state index in [0.29, 0.717) is 11.2 Å². The van der Waals surface area contributed by atoms with Crippen molar-refractivity contribution in [2.24, 2.45) is 5.16 Å². The lowest BCUT2D eigenvalue weighted by atomic mass is 10.0. The van der Waals surface area contributed by atoms with E-state index in [1.165, 1.54) is 35.8 Å².